The Hall–Kier alpha value is -2.43. The van der Waals surface area contributed by atoms with Gasteiger partial charge in [-0.15, -0.1) is 0 Å². The number of nitrogens with two attached hydrogens (primary N) is 1. The van der Waals surface area contributed by atoms with Crippen LogP contribution < -0.4 is 5.73 Å². The normalized spacial score (nSPS) is 15.3. The van der Waals surface area contributed by atoms with E-state index in [0.717, 1.165) is 50.9 Å². The molecule has 1 aromatic heterocycles. The summed E-state index contributed by atoms with van der Waals surface area (Å²) in [6.07, 6.45) is 7.33. The van der Waals surface area contributed by atoms with E-state index in [-0.39, 0.29) is 5.91 Å². The number of aromatic nitrogens is 2. The molecule has 1 amide bonds. The van der Waals surface area contributed by atoms with Crippen LogP contribution in [0.4, 0.5) is 5.95 Å². The summed E-state index contributed by atoms with van der Waals surface area (Å²) in [6.45, 7) is 1.62. The van der Waals surface area contributed by atoms with Crippen molar-refractivity contribution in [3.8, 4) is 0 Å². The van der Waals surface area contributed by atoms with Gasteiger partial charge in [0.05, 0.1) is 0 Å². The first kappa shape index (κ1) is 17.4. The lowest BCUT2D eigenvalue weighted by Gasteiger charge is -2.31. The van der Waals surface area contributed by atoms with Crippen LogP contribution in [0, 0.1) is 0 Å². The van der Waals surface area contributed by atoms with Crippen LogP contribution in [0.15, 0.2) is 42.6 Å². The van der Waals surface area contributed by atoms with E-state index in [1.54, 1.807) is 6.20 Å². The molecule has 132 valence electrons. The van der Waals surface area contributed by atoms with Crippen LogP contribution in [0.3, 0.4) is 0 Å². The van der Waals surface area contributed by atoms with Crippen molar-refractivity contribution < 1.29 is 4.79 Å². The van der Waals surface area contributed by atoms with Gasteiger partial charge in [0.1, 0.15) is 0 Å². The fourth-order valence-electron chi connectivity index (χ4n) is 3.45. The van der Waals surface area contributed by atoms with Gasteiger partial charge in [0, 0.05) is 37.3 Å². The highest BCUT2D eigenvalue weighted by atomic mass is 16.2. The zero-order chi connectivity index (χ0) is 17.5. The molecule has 3 rings (SSSR count). The summed E-state index contributed by atoms with van der Waals surface area (Å²) in [5, 5.41) is 0. The van der Waals surface area contributed by atoms with E-state index in [1.165, 1.54) is 5.56 Å². The quantitative estimate of drug-likeness (QED) is 0.821. The molecule has 1 aromatic carbocycles. The summed E-state index contributed by atoms with van der Waals surface area (Å²) in [4.78, 5) is 22.7. The number of unbranched alkanes of at least 4 members (excludes halogenated alkanes) is 1. The average Bonchev–Trinajstić information content (AvgIpc) is 2.66. The van der Waals surface area contributed by atoms with Gasteiger partial charge in [-0.05, 0) is 43.7 Å². The van der Waals surface area contributed by atoms with Crippen molar-refractivity contribution in [2.45, 2.75) is 44.4 Å². The monoisotopic (exact) mass is 338 g/mol. The molecule has 0 aliphatic carbocycles. The van der Waals surface area contributed by atoms with E-state index in [2.05, 4.69) is 34.2 Å². The highest BCUT2D eigenvalue weighted by Gasteiger charge is 2.24. The van der Waals surface area contributed by atoms with Gasteiger partial charge < -0.3 is 10.6 Å². The molecule has 1 saturated heterocycles. The van der Waals surface area contributed by atoms with Crippen molar-refractivity contribution in [2.24, 2.45) is 0 Å². The fourth-order valence-corrected chi connectivity index (χ4v) is 3.45. The Balaban J connectivity index is 1.38. The van der Waals surface area contributed by atoms with Gasteiger partial charge in [0.2, 0.25) is 11.9 Å². The second-order valence-electron chi connectivity index (χ2n) is 6.69. The first-order chi connectivity index (χ1) is 12.2. The lowest BCUT2D eigenvalue weighted by Crippen LogP contribution is -2.38. The van der Waals surface area contributed by atoms with Crippen LogP contribution >= 0.6 is 0 Å². The Kier molecular flexibility index (Phi) is 5.99. The van der Waals surface area contributed by atoms with Crippen molar-refractivity contribution in [1.82, 2.24) is 14.9 Å². The van der Waals surface area contributed by atoms with E-state index in [0.29, 0.717) is 18.3 Å². The molecule has 0 spiro atoms. The summed E-state index contributed by atoms with van der Waals surface area (Å²) in [5.74, 6) is 0.996. The number of amides is 1. The molecule has 0 radical (unpaired) electrons. The Morgan fingerprint density at radius 2 is 1.88 bits per heavy atom. The Morgan fingerprint density at radius 1 is 1.12 bits per heavy atom. The molecule has 25 heavy (non-hydrogen) atoms. The summed E-state index contributed by atoms with van der Waals surface area (Å²) >= 11 is 0. The van der Waals surface area contributed by atoms with Gasteiger partial charge in [-0.1, -0.05) is 30.3 Å². The van der Waals surface area contributed by atoms with Crippen molar-refractivity contribution in [2.75, 3.05) is 18.8 Å². The van der Waals surface area contributed by atoms with Crippen LogP contribution in [0.5, 0.6) is 0 Å². The third-order valence-electron chi connectivity index (χ3n) is 4.91. The summed E-state index contributed by atoms with van der Waals surface area (Å²) in [7, 11) is 0. The minimum absolute atomic E-state index is 0.286. The topological polar surface area (TPSA) is 72.1 Å². The van der Waals surface area contributed by atoms with E-state index < -0.39 is 0 Å². The Bertz CT molecular complexity index is 681. The zero-order valence-electron chi connectivity index (χ0n) is 14.6. The van der Waals surface area contributed by atoms with Crippen molar-refractivity contribution >= 4 is 11.9 Å². The molecule has 1 fully saturated rings. The molecular formula is C20H26N4O. The van der Waals surface area contributed by atoms with E-state index >= 15 is 0 Å². The molecule has 0 unspecified atom stereocenters. The van der Waals surface area contributed by atoms with Crippen molar-refractivity contribution in [3.05, 3.63) is 53.9 Å². The minimum Gasteiger partial charge on any atom is -0.368 e. The number of anilines is 1. The maximum absolute atomic E-state index is 12.4. The number of aryl methyl sites for hydroxylation is 1. The minimum atomic E-state index is 0.286. The molecule has 0 saturated carbocycles. The highest BCUT2D eigenvalue weighted by Crippen LogP contribution is 2.27. The average molecular weight is 338 g/mol. The number of benzene rings is 1. The molecular weight excluding hydrogens is 312 g/mol. The summed E-state index contributed by atoms with van der Waals surface area (Å²) in [6, 6.07) is 12.4. The smallest absolute Gasteiger partial charge is 0.222 e. The largest absolute Gasteiger partial charge is 0.368 e. The molecule has 5 heteroatoms. The van der Waals surface area contributed by atoms with Gasteiger partial charge in [-0.2, -0.15) is 0 Å². The second-order valence-corrected chi connectivity index (χ2v) is 6.69. The maximum Gasteiger partial charge on any atom is 0.222 e. The predicted octanol–water partition coefficient (Wildman–Crippen LogP) is 3.18. The van der Waals surface area contributed by atoms with Gasteiger partial charge >= 0.3 is 0 Å². The van der Waals surface area contributed by atoms with E-state index in [1.807, 2.05) is 17.0 Å². The molecule has 5 nitrogen and oxygen atoms in total. The number of rotatable bonds is 6. The summed E-state index contributed by atoms with van der Waals surface area (Å²) in [5.41, 5.74) is 8.01. The van der Waals surface area contributed by atoms with Gasteiger partial charge in [0.15, 0.2) is 0 Å². The summed E-state index contributed by atoms with van der Waals surface area (Å²) < 4.78 is 0. The predicted molar refractivity (Wildman–Crippen MR) is 99.0 cm³/mol. The van der Waals surface area contributed by atoms with Crippen LogP contribution in [0.2, 0.25) is 0 Å². The molecule has 2 N–H and O–H groups in total. The standard InChI is InChI=1S/C20H26N4O/c21-20-22-13-10-18(23-20)17-11-14-24(15-12-17)19(25)9-5-4-8-16-6-2-1-3-7-16/h1-3,6-7,10,13,17H,4-5,8-9,11-12,14-15H2,(H2,21,22,23). The van der Waals surface area contributed by atoms with Crippen LogP contribution in [-0.2, 0) is 11.2 Å². The molecule has 2 aromatic rings. The molecule has 1 aliphatic heterocycles. The number of likely N-dealkylation sites (tertiary alicyclic amines) is 1. The number of nitrogen functional groups attached to an aromatic ring is 1. The second kappa shape index (κ2) is 8.60. The number of hydrogen-bond donors (Lipinski definition) is 1. The Morgan fingerprint density at radius 3 is 2.60 bits per heavy atom. The highest BCUT2D eigenvalue weighted by molar-refractivity contribution is 5.76. The van der Waals surface area contributed by atoms with E-state index in [9.17, 15) is 4.79 Å². The van der Waals surface area contributed by atoms with Crippen molar-refractivity contribution in [1.29, 1.82) is 0 Å². The van der Waals surface area contributed by atoms with Crippen LogP contribution in [0.25, 0.3) is 0 Å². The number of nitrogens with zero attached hydrogens (tertiary/aromatic N) is 3. The molecule has 0 bridgehead atoms. The number of piperidine rings is 1. The van der Waals surface area contributed by atoms with Crippen LogP contribution in [0.1, 0.15) is 49.3 Å². The number of hydrogen-bond acceptors (Lipinski definition) is 4. The lowest BCUT2D eigenvalue weighted by molar-refractivity contribution is -0.132. The van der Waals surface area contributed by atoms with Gasteiger partial charge in [-0.25, -0.2) is 9.97 Å². The lowest BCUT2D eigenvalue weighted by atomic mass is 9.93. The third-order valence-corrected chi connectivity index (χ3v) is 4.91. The number of carbonyl (C=O) groups is 1. The van der Waals surface area contributed by atoms with Crippen molar-refractivity contribution in [3.63, 3.8) is 0 Å². The fraction of sp³-hybridized carbons (Fsp3) is 0.450. The first-order valence-corrected chi connectivity index (χ1v) is 9.12. The zero-order valence-corrected chi connectivity index (χ0v) is 14.6. The molecule has 1 aliphatic rings. The first-order valence-electron chi connectivity index (χ1n) is 9.12. The van der Waals surface area contributed by atoms with Gasteiger partial charge in [0.25, 0.3) is 0 Å². The SMILES string of the molecule is Nc1nccc(C2CCN(C(=O)CCCCc3ccccc3)CC2)n1. The van der Waals surface area contributed by atoms with Crippen LogP contribution in [-0.4, -0.2) is 33.9 Å². The van der Waals surface area contributed by atoms with Gasteiger partial charge in [-0.3, -0.25) is 4.79 Å². The van der Waals surface area contributed by atoms with E-state index in [4.69, 9.17) is 5.73 Å². The number of carbonyl (C=O) groups excluding carboxylic acids is 1. The maximum atomic E-state index is 12.4. The molecule has 2 heterocycles. The Labute approximate surface area is 149 Å². The molecule has 0 atom stereocenters. The third kappa shape index (κ3) is 5.02.